The van der Waals surface area contributed by atoms with Gasteiger partial charge < -0.3 is 24.8 Å². The van der Waals surface area contributed by atoms with Crippen LogP contribution in [0.3, 0.4) is 0 Å². The summed E-state index contributed by atoms with van der Waals surface area (Å²) in [5.41, 5.74) is 0. The summed E-state index contributed by atoms with van der Waals surface area (Å²) >= 11 is 0. The zero-order valence-corrected chi connectivity index (χ0v) is 8.31. The molecule has 1 fully saturated rings. The molecule has 0 saturated carbocycles. The van der Waals surface area contributed by atoms with E-state index in [1.165, 1.54) is 0 Å². The maximum absolute atomic E-state index is 9.00. The molecule has 14 heavy (non-hydrogen) atoms. The van der Waals surface area contributed by atoms with Crippen LogP contribution in [0.2, 0.25) is 0 Å². The van der Waals surface area contributed by atoms with E-state index in [4.69, 9.17) is 29.6 Å². The zero-order valence-electron chi connectivity index (χ0n) is 8.31. The van der Waals surface area contributed by atoms with E-state index in [1.54, 1.807) is 0 Å². The first-order valence-electron chi connectivity index (χ1n) is 4.21. The third-order valence-electron chi connectivity index (χ3n) is 0.844. The first-order valence-corrected chi connectivity index (χ1v) is 4.21. The van der Waals surface area contributed by atoms with Crippen LogP contribution in [0.25, 0.3) is 0 Å². The number of carboxylic acid groups (broad SMARTS) is 1. The average Bonchev–Trinajstić information content (AvgIpc) is 2.20. The Kier molecular flexibility index (Phi) is 16.7. The van der Waals surface area contributed by atoms with E-state index < -0.39 is 5.97 Å². The standard InChI is InChI=1S/C4H8O2.C2H4O2.C2H6O2/c1-2-6-4-3-5-1;1-2(3)4;3-1-2-4/h1-4H2;1H3,(H,3,4);3-4H,1-2H2. The first-order chi connectivity index (χ1) is 6.65. The van der Waals surface area contributed by atoms with Crippen molar-refractivity contribution in [3.05, 3.63) is 0 Å². The van der Waals surface area contributed by atoms with Gasteiger partial charge in [-0.1, -0.05) is 0 Å². The summed E-state index contributed by atoms with van der Waals surface area (Å²) in [4.78, 5) is 9.00. The van der Waals surface area contributed by atoms with Crippen molar-refractivity contribution in [2.45, 2.75) is 6.92 Å². The van der Waals surface area contributed by atoms with Crippen LogP contribution >= 0.6 is 0 Å². The second-order valence-electron chi connectivity index (χ2n) is 2.19. The van der Waals surface area contributed by atoms with Crippen LogP contribution in [0.4, 0.5) is 0 Å². The molecule has 86 valence electrons. The van der Waals surface area contributed by atoms with E-state index in [9.17, 15) is 0 Å². The summed E-state index contributed by atoms with van der Waals surface area (Å²) in [5, 5.41) is 22.7. The summed E-state index contributed by atoms with van der Waals surface area (Å²) in [5.74, 6) is -0.833. The van der Waals surface area contributed by atoms with Gasteiger partial charge in [-0.15, -0.1) is 0 Å². The van der Waals surface area contributed by atoms with E-state index in [0.717, 1.165) is 33.4 Å². The Morgan fingerprint density at radius 2 is 1.29 bits per heavy atom. The van der Waals surface area contributed by atoms with Crippen LogP contribution in [-0.4, -0.2) is 60.9 Å². The summed E-state index contributed by atoms with van der Waals surface area (Å²) in [6.45, 7) is 3.94. The quantitative estimate of drug-likeness (QED) is 0.519. The molecule has 3 N–H and O–H groups in total. The highest BCUT2D eigenvalue weighted by atomic mass is 16.6. The van der Waals surface area contributed by atoms with Gasteiger partial charge >= 0.3 is 0 Å². The Morgan fingerprint density at radius 3 is 1.36 bits per heavy atom. The SMILES string of the molecule is C1COCCO1.CC(=O)O.OCCO. The maximum atomic E-state index is 9.00. The molecule has 0 spiro atoms. The van der Waals surface area contributed by atoms with Gasteiger partial charge in [0.15, 0.2) is 0 Å². The molecule has 0 aliphatic carbocycles. The van der Waals surface area contributed by atoms with Gasteiger partial charge in [-0.2, -0.15) is 0 Å². The van der Waals surface area contributed by atoms with Crippen LogP contribution in [0.1, 0.15) is 6.92 Å². The number of rotatable bonds is 1. The fraction of sp³-hybridized carbons (Fsp3) is 0.875. The minimum absolute atomic E-state index is 0.125. The second-order valence-corrected chi connectivity index (χ2v) is 2.19. The van der Waals surface area contributed by atoms with Gasteiger partial charge in [-0.25, -0.2) is 0 Å². The van der Waals surface area contributed by atoms with Gasteiger partial charge in [0.25, 0.3) is 5.97 Å². The monoisotopic (exact) mass is 210 g/mol. The van der Waals surface area contributed by atoms with Gasteiger partial charge in [-0.05, 0) is 0 Å². The average molecular weight is 210 g/mol. The lowest BCUT2D eigenvalue weighted by atomic mass is 10.6. The Morgan fingerprint density at radius 1 is 1.07 bits per heavy atom. The lowest BCUT2D eigenvalue weighted by molar-refractivity contribution is -0.134. The topological polar surface area (TPSA) is 96.2 Å². The highest BCUT2D eigenvalue weighted by molar-refractivity contribution is 5.62. The highest BCUT2D eigenvalue weighted by Crippen LogP contribution is 1.85. The normalized spacial score (nSPS) is 14.2. The highest BCUT2D eigenvalue weighted by Gasteiger charge is 1.94. The number of hydrogen-bond acceptors (Lipinski definition) is 5. The van der Waals surface area contributed by atoms with E-state index in [0.29, 0.717) is 0 Å². The Balaban J connectivity index is 0. The third-order valence-corrected chi connectivity index (χ3v) is 0.844. The largest absolute Gasteiger partial charge is 0.481 e. The molecule has 1 saturated heterocycles. The number of aliphatic hydroxyl groups is 2. The second kappa shape index (κ2) is 14.8. The number of carbonyl (C=O) groups is 1. The van der Waals surface area contributed by atoms with Gasteiger partial charge in [-0.3, -0.25) is 4.79 Å². The summed E-state index contributed by atoms with van der Waals surface area (Å²) in [7, 11) is 0. The van der Waals surface area contributed by atoms with Crippen LogP contribution in [0.15, 0.2) is 0 Å². The van der Waals surface area contributed by atoms with Gasteiger partial charge in [0, 0.05) is 6.92 Å². The summed E-state index contributed by atoms with van der Waals surface area (Å²) in [6.07, 6.45) is 0. The van der Waals surface area contributed by atoms with Gasteiger partial charge in [0.2, 0.25) is 0 Å². The predicted octanol–water partition coefficient (Wildman–Crippen LogP) is -0.905. The molecule has 1 aliphatic heterocycles. The van der Waals surface area contributed by atoms with Crippen molar-refractivity contribution in [1.29, 1.82) is 0 Å². The number of hydrogen-bond donors (Lipinski definition) is 3. The lowest BCUT2D eigenvalue weighted by Crippen LogP contribution is -2.16. The Hall–Kier alpha value is -0.690. The van der Waals surface area contributed by atoms with Crippen molar-refractivity contribution in [1.82, 2.24) is 0 Å². The summed E-state index contributed by atoms with van der Waals surface area (Å²) < 4.78 is 9.89. The Labute approximate surface area is 83.1 Å². The smallest absolute Gasteiger partial charge is 0.300 e. The van der Waals surface area contributed by atoms with Crippen molar-refractivity contribution in [2.24, 2.45) is 0 Å². The van der Waals surface area contributed by atoms with Crippen LogP contribution in [0, 0.1) is 0 Å². The number of aliphatic hydroxyl groups excluding tert-OH is 2. The molecule has 0 atom stereocenters. The molecular weight excluding hydrogens is 192 g/mol. The molecule has 0 aromatic rings. The van der Waals surface area contributed by atoms with Crippen LogP contribution < -0.4 is 0 Å². The van der Waals surface area contributed by atoms with Crippen LogP contribution in [-0.2, 0) is 14.3 Å². The molecule has 1 rings (SSSR count). The number of carboxylic acids is 1. The van der Waals surface area contributed by atoms with Crippen molar-refractivity contribution in [2.75, 3.05) is 39.6 Å². The molecule has 0 radical (unpaired) electrons. The van der Waals surface area contributed by atoms with Crippen molar-refractivity contribution in [3.8, 4) is 0 Å². The lowest BCUT2D eigenvalue weighted by Gasteiger charge is -2.09. The molecule has 0 aromatic carbocycles. The molecule has 6 heteroatoms. The minimum atomic E-state index is -0.833. The molecule has 1 aliphatic rings. The van der Waals surface area contributed by atoms with Gasteiger partial charge in [0.05, 0.1) is 39.6 Å². The third kappa shape index (κ3) is 30.2. The maximum Gasteiger partial charge on any atom is 0.300 e. The van der Waals surface area contributed by atoms with Crippen molar-refractivity contribution >= 4 is 5.97 Å². The molecule has 0 unspecified atom stereocenters. The predicted molar refractivity (Wildman–Crippen MR) is 49.1 cm³/mol. The molecule has 0 bridgehead atoms. The first kappa shape index (κ1) is 15.8. The number of aliphatic carboxylic acids is 1. The molecule has 6 nitrogen and oxygen atoms in total. The van der Waals surface area contributed by atoms with Crippen LogP contribution in [0.5, 0.6) is 0 Å². The molecule has 0 aromatic heterocycles. The van der Waals surface area contributed by atoms with Crippen molar-refractivity contribution < 1.29 is 29.6 Å². The fourth-order valence-electron chi connectivity index (χ4n) is 0.440. The summed E-state index contributed by atoms with van der Waals surface area (Å²) in [6, 6.07) is 0. The number of ether oxygens (including phenoxy) is 2. The van der Waals surface area contributed by atoms with E-state index in [2.05, 4.69) is 0 Å². The van der Waals surface area contributed by atoms with E-state index >= 15 is 0 Å². The molecule has 0 amide bonds. The molecule has 1 heterocycles. The van der Waals surface area contributed by atoms with E-state index in [1.807, 2.05) is 0 Å². The fourth-order valence-corrected chi connectivity index (χ4v) is 0.440. The minimum Gasteiger partial charge on any atom is -0.481 e. The molecular formula is C8H18O6. The van der Waals surface area contributed by atoms with E-state index in [-0.39, 0.29) is 13.2 Å². The van der Waals surface area contributed by atoms with Crippen molar-refractivity contribution in [3.63, 3.8) is 0 Å². The zero-order chi connectivity index (χ0) is 11.2. The van der Waals surface area contributed by atoms with Gasteiger partial charge in [0.1, 0.15) is 0 Å². The Bertz CT molecular complexity index is 94.9.